The Hall–Kier alpha value is -3.27. The molecule has 1 unspecified atom stereocenters. The number of anilines is 1. The molecule has 4 rings (SSSR count). The zero-order valence-corrected chi connectivity index (χ0v) is 12.9. The number of hydrogen-bond donors (Lipinski definition) is 2. The van der Waals surface area contributed by atoms with Gasteiger partial charge in [-0.1, -0.05) is 12.1 Å². The normalized spacial score (nSPS) is 17.3. The van der Waals surface area contributed by atoms with Gasteiger partial charge in [0.25, 0.3) is 0 Å². The van der Waals surface area contributed by atoms with Crippen LogP contribution in [-0.2, 0) is 0 Å². The molecule has 1 aliphatic rings. The molecule has 1 aromatic carbocycles. The number of fused-ring (bicyclic) bond motifs is 1. The Kier molecular flexibility index (Phi) is 3.24. The number of nitriles is 1. The molecule has 0 spiro atoms. The first-order chi connectivity index (χ1) is 11.7. The molecule has 7 heteroatoms. The van der Waals surface area contributed by atoms with E-state index in [9.17, 15) is 5.11 Å². The molecule has 1 fully saturated rings. The maximum atomic E-state index is 9.51. The number of nitrogen functional groups attached to an aromatic ring is 1. The van der Waals surface area contributed by atoms with Crippen molar-refractivity contribution in [3.05, 3.63) is 36.8 Å². The van der Waals surface area contributed by atoms with Crippen LogP contribution in [0, 0.1) is 11.5 Å². The molecule has 24 heavy (non-hydrogen) atoms. The number of benzene rings is 1. The summed E-state index contributed by atoms with van der Waals surface area (Å²) in [6.07, 6.45) is 6.57. The van der Waals surface area contributed by atoms with E-state index in [0.29, 0.717) is 12.4 Å². The predicted octanol–water partition coefficient (Wildman–Crippen LogP) is 2.11. The third kappa shape index (κ3) is 2.20. The first-order valence-corrected chi connectivity index (χ1v) is 7.72. The van der Waals surface area contributed by atoms with Crippen molar-refractivity contribution in [2.24, 2.45) is 0 Å². The fraction of sp³-hybridized carbons (Fsp3) is 0.235. The topological polar surface area (TPSA) is 104 Å². The van der Waals surface area contributed by atoms with E-state index >= 15 is 0 Å². The van der Waals surface area contributed by atoms with Crippen molar-refractivity contribution in [3.8, 4) is 23.1 Å². The summed E-state index contributed by atoms with van der Waals surface area (Å²) in [5, 5.41) is 19.4. The van der Waals surface area contributed by atoms with Gasteiger partial charge in [0.1, 0.15) is 23.5 Å². The van der Waals surface area contributed by atoms with Gasteiger partial charge in [-0.05, 0) is 24.1 Å². The highest BCUT2D eigenvalue weighted by atomic mass is 16.3. The van der Waals surface area contributed by atoms with Gasteiger partial charge in [-0.2, -0.15) is 5.26 Å². The summed E-state index contributed by atoms with van der Waals surface area (Å²) in [7, 11) is 0. The second-order valence-corrected chi connectivity index (χ2v) is 5.94. The molecule has 2 aromatic heterocycles. The average molecular weight is 320 g/mol. The highest BCUT2D eigenvalue weighted by Gasteiger charge is 2.26. The molecule has 3 heterocycles. The van der Waals surface area contributed by atoms with Crippen LogP contribution in [-0.4, -0.2) is 37.6 Å². The minimum atomic E-state index is 0.173. The summed E-state index contributed by atoms with van der Waals surface area (Å²) in [6, 6.07) is 7.15. The van der Waals surface area contributed by atoms with E-state index in [0.717, 1.165) is 35.1 Å². The van der Waals surface area contributed by atoms with Gasteiger partial charge >= 0.3 is 0 Å². The average Bonchev–Trinajstić information content (AvgIpc) is 3.20. The van der Waals surface area contributed by atoms with E-state index in [1.807, 2.05) is 18.3 Å². The van der Waals surface area contributed by atoms with Crippen LogP contribution >= 0.6 is 0 Å². The van der Waals surface area contributed by atoms with Gasteiger partial charge in [-0.25, -0.2) is 9.97 Å². The van der Waals surface area contributed by atoms with Crippen molar-refractivity contribution in [1.29, 1.82) is 5.26 Å². The molecule has 1 atom stereocenters. The molecule has 0 saturated carbocycles. The molecule has 7 nitrogen and oxygen atoms in total. The molecular formula is C17H16N6O. The van der Waals surface area contributed by atoms with E-state index in [2.05, 4.69) is 20.7 Å². The molecule has 3 aromatic rings. The molecule has 3 N–H and O–H groups in total. The van der Waals surface area contributed by atoms with Crippen LogP contribution in [0.4, 0.5) is 5.82 Å². The van der Waals surface area contributed by atoms with Gasteiger partial charge in [0, 0.05) is 24.8 Å². The smallest absolute Gasteiger partial charge is 0.179 e. The number of aromatic hydroxyl groups is 1. The molecular weight excluding hydrogens is 304 g/mol. The highest BCUT2D eigenvalue weighted by Crippen LogP contribution is 2.36. The minimum absolute atomic E-state index is 0.173. The maximum absolute atomic E-state index is 9.51. The van der Waals surface area contributed by atoms with E-state index in [1.54, 1.807) is 17.0 Å². The molecule has 1 aliphatic heterocycles. The Morgan fingerprint density at radius 1 is 1.25 bits per heavy atom. The Morgan fingerprint density at radius 2 is 2.04 bits per heavy atom. The van der Waals surface area contributed by atoms with Crippen LogP contribution < -0.4 is 5.73 Å². The number of phenolic OH excluding ortho intramolecular Hbond substituents is 1. The predicted molar refractivity (Wildman–Crippen MR) is 89.9 cm³/mol. The summed E-state index contributed by atoms with van der Waals surface area (Å²) >= 11 is 0. The molecule has 0 radical (unpaired) electrons. The van der Waals surface area contributed by atoms with E-state index in [4.69, 9.17) is 11.0 Å². The van der Waals surface area contributed by atoms with Gasteiger partial charge in [0.05, 0.1) is 11.4 Å². The standard InChI is InChI=1S/C17H16N6O/c18-9-22-6-5-12(7-22)23-8-14(11-1-3-13(24)4-2-11)15-16(19)20-10-21-17(15)23/h1-4,8,10,12,24H,5-7H2,(H2,19,20,21). The van der Waals surface area contributed by atoms with Crippen molar-refractivity contribution in [3.63, 3.8) is 0 Å². The number of nitrogens with zero attached hydrogens (tertiary/aromatic N) is 5. The third-order valence-corrected chi connectivity index (χ3v) is 4.52. The van der Waals surface area contributed by atoms with Crippen LogP contribution in [0.15, 0.2) is 36.8 Å². The first-order valence-electron chi connectivity index (χ1n) is 7.72. The number of aromatic nitrogens is 3. The minimum Gasteiger partial charge on any atom is -0.508 e. The Morgan fingerprint density at radius 3 is 2.75 bits per heavy atom. The lowest BCUT2D eigenvalue weighted by Gasteiger charge is -2.12. The molecule has 1 saturated heterocycles. The summed E-state index contributed by atoms with van der Waals surface area (Å²) in [5.74, 6) is 0.643. The summed E-state index contributed by atoms with van der Waals surface area (Å²) in [5.41, 5.74) is 8.75. The van der Waals surface area contributed by atoms with E-state index in [-0.39, 0.29) is 11.8 Å². The van der Waals surface area contributed by atoms with Crippen LogP contribution in [0.25, 0.3) is 22.2 Å². The first kappa shape index (κ1) is 14.3. The van der Waals surface area contributed by atoms with E-state index in [1.165, 1.54) is 6.33 Å². The van der Waals surface area contributed by atoms with Gasteiger partial charge in [0.2, 0.25) is 0 Å². The summed E-state index contributed by atoms with van der Waals surface area (Å²) < 4.78 is 2.09. The Balaban J connectivity index is 1.89. The van der Waals surface area contributed by atoms with Crippen LogP contribution in [0.1, 0.15) is 12.5 Å². The third-order valence-electron chi connectivity index (χ3n) is 4.52. The van der Waals surface area contributed by atoms with Crippen LogP contribution in [0.3, 0.4) is 0 Å². The summed E-state index contributed by atoms with van der Waals surface area (Å²) in [4.78, 5) is 10.3. The zero-order chi connectivity index (χ0) is 16.7. The second-order valence-electron chi connectivity index (χ2n) is 5.94. The monoisotopic (exact) mass is 320 g/mol. The molecule has 0 bridgehead atoms. The lowest BCUT2D eigenvalue weighted by molar-refractivity contribution is 0.452. The number of nitrogens with two attached hydrogens (primary N) is 1. The zero-order valence-electron chi connectivity index (χ0n) is 12.9. The number of likely N-dealkylation sites (tertiary alicyclic amines) is 1. The van der Waals surface area contributed by atoms with Crippen molar-refractivity contribution in [2.45, 2.75) is 12.5 Å². The van der Waals surface area contributed by atoms with Gasteiger partial charge < -0.3 is 20.3 Å². The van der Waals surface area contributed by atoms with Gasteiger partial charge in [-0.3, -0.25) is 0 Å². The van der Waals surface area contributed by atoms with E-state index < -0.39 is 0 Å². The Bertz CT molecular complexity index is 940. The summed E-state index contributed by atoms with van der Waals surface area (Å²) in [6.45, 7) is 1.41. The second kappa shape index (κ2) is 5.42. The lowest BCUT2D eigenvalue weighted by Crippen LogP contribution is -2.15. The largest absolute Gasteiger partial charge is 0.508 e. The van der Waals surface area contributed by atoms with Gasteiger partial charge in [0.15, 0.2) is 6.19 Å². The van der Waals surface area contributed by atoms with Crippen molar-refractivity contribution in [1.82, 2.24) is 19.4 Å². The SMILES string of the molecule is N#CN1CCC(n2cc(-c3ccc(O)cc3)c3c(N)ncnc32)C1. The quantitative estimate of drug-likeness (QED) is 0.701. The number of phenols is 1. The molecule has 0 aliphatic carbocycles. The lowest BCUT2D eigenvalue weighted by atomic mass is 10.1. The maximum Gasteiger partial charge on any atom is 0.179 e. The van der Waals surface area contributed by atoms with Crippen molar-refractivity contribution < 1.29 is 5.11 Å². The molecule has 120 valence electrons. The Labute approximate surface area is 138 Å². The van der Waals surface area contributed by atoms with Crippen molar-refractivity contribution >= 4 is 16.9 Å². The van der Waals surface area contributed by atoms with Gasteiger partial charge in [-0.15, -0.1) is 0 Å². The van der Waals surface area contributed by atoms with Crippen LogP contribution in [0.5, 0.6) is 5.75 Å². The fourth-order valence-corrected chi connectivity index (χ4v) is 3.31. The van der Waals surface area contributed by atoms with Crippen LogP contribution in [0.2, 0.25) is 0 Å². The number of rotatable bonds is 2. The molecule has 0 amide bonds. The fourth-order valence-electron chi connectivity index (χ4n) is 3.31. The van der Waals surface area contributed by atoms with Crippen molar-refractivity contribution in [2.75, 3.05) is 18.8 Å². The number of hydrogen-bond acceptors (Lipinski definition) is 6. The highest BCUT2D eigenvalue weighted by molar-refractivity contribution is 6.00.